The van der Waals surface area contributed by atoms with Crippen LogP contribution in [0.2, 0.25) is 0 Å². The molecule has 2 aromatic rings. The van der Waals surface area contributed by atoms with Crippen molar-refractivity contribution >= 4 is 5.95 Å². The van der Waals surface area contributed by atoms with Crippen molar-refractivity contribution in [1.29, 1.82) is 0 Å². The molecule has 6 nitrogen and oxygen atoms in total. The van der Waals surface area contributed by atoms with Crippen LogP contribution in [0.1, 0.15) is 12.8 Å². The van der Waals surface area contributed by atoms with Crippen LogP contribution in [0.3, 0.4) is 0 Å². The monoisotopic (exact) mass is 285 g/mol. The molecule has 2 atom stereocenters. The Morgan fingerprint density at radius 1 is 1.24 bits per heavy atom. The Bertz CT molecular complexity index is 593. The SMILES string of the molecule is c1ccc(-c2nc(NN3CCC3C3CCOC3)n[nH]2)cc1. The maximum Gasteiger partial charge on any atom is 0.256 e. The number of hydrazine groups is 1. The van der Waals surface area contributed by atoms with E-state index in [0.717, 1.165) is 37.6 Å². The molecular formula is C15H19N5O. The first kappa shape index (κ1) is 12.8. The fourth-order valence-corrected chi connectivity index (χ4v) is 3.06. The summed E-state index contributed by atoms with van der Waals surface area (Å²) < 4.78 is 5.48. The van der Waals surface area contributed by atoms with Crippen LogP contribution in [-0.4, -0.2) is 46.0 Å². The molecule has 0 spiro atoms. The smallest absolute Gasteiger partial charge is 0.256 e. The van der Waals surface area contributed by atoms with Gasteiger partial charge in [0.25, 0.3) is 5.95 Å². The summed E-state index contributed by atoms with van der Waals surface area (Å²) in [6.07, 6.45) is 2.38. The highest BCUT2D eigenvalue weighted by molar-refractivity contribution is 5.55. The largest absolute Gasteiger partial charge is 0.381 e. The fourth-order valence-electron chi connectivity index (χ4n) is 3.06. The van der Waals surface area contributed by atoms with Crippen molar-refractivity contribution in [3.8, 4) is 11.4 Å². The zero-order chi connectivity index (χ0) is 14.1. The zero-order valence-electron chi connectivity index (χ0n) is 11.8. The molecule has 1 aromatic carbocycles. The summed E-state index contributed by atoms with van der Waals surface area (Å²) in [6, 6.07) is 10.6. The quantitative estimate of drug-likeness (QED) is 0.898. The van der Waals surface area contributed by atoms with E-state index < -0.39 is 0 Å². The number of anilines is 1. The molecule has 2 fully saturated rings. The molecule has 21 heavy (non-hydrogen) atoms. The van der Waals surface area contributed by atoms with E-state index in [1.807, 2.05) is 30.3 Å². The van der Waals surface area contributed by atoms with Crippen molar-refractivity contribution in [2.75, 3.05) is 25.2 Å². The summed E-state index contributed by atoms with van der Waals surface area (Å²) in [5.41, 5.74) is 4.36. The maximum absolute atomic E-state index is 5.48. The van der Waals surface area contributed by atoms with Crippen LogP contribution in [0.5, 0.6) is 0 Å². The second-order valence-corrected chi connectivity index (χ2v) is 5.66. The number of H-pyrrole nitrogens is 1. The molecule has 2 N–H and O–H groups in total. The van der Waals surface area contributed by atoms with Crippen LogP contribution in [0.25, 0.3) is 11.4 Å². The Labute approximate surface area is 123 Å². The second-order valence-electron chi connectivity index (χ2n) is 5.66. The number of aromatic amines is 1. The summed E-state index contributed by atoms with van der Waals surface area (Å²) in [6.45, 7) is 2.82. The zero-order valence-corrected chi connectivity index (χ0v) is 11.8. The van der Waals surface area contributed by atoms with E-state index in [9.17, 15) is 0 Å². The highest BCUT2D eigenvalue weighted by Crippen LogP contribution is 2.30. The topological polar surface area (TPSA) is 66.1 Å². The number of rotatable bonds is 4. The lowest BCUT2D eigenvalue weighted by Gasteiger charge is -2.43. The van der Waals surface area contributed by atoms with Gasteiger partial charge in [-0.2, -0.15) is 4.98 Å². The summed E-state index contributed by atoms with van der Waals surface area (Å²) >= 11 is 0. The van der Waals surface area contributed by atoms with E-state index in [0.29, 0.717) is 17.9 Å². The van der Waals surface area contributed by atoms with E-state index in [-0.39, 0.29) is 0 Å². The normalized spacial score (nSPS) is 25.7. The standard InChI is InChI=1S/C15H19N5O/c1-2-4-11(5-3-1)14-16-15(18-17-14)19-20-8-6-13(20)12-7-9-21-10-12/h1-5,12-13H,6-10H2,(H2,16,17,18,19). The fraction of sp³-hybridized carbons (Fsp3) is 0.467. The maximum atomic E-state index is 5.48. The van der Waals surface area contributed by atoms with Gasteiger partial charge in [0.15, 0.2) is 5.82 Å². The molecule has 2 saturated heterocycles. The molecular weight excluding hydrogens is 266 g/mol. The number of nitrogens with zero attached hydrogens (tertiary/aromatic N) is 3. The summed E-state index contributed by atoms with van der Waals surface area (Å²) in [7, 11) is 0. The number of ether oxygens (including phenoxy) is 1. The van der Waals surface area contributed by atoms with Gasteiger partial charge in [-0.05, 0) is 12.8 Å². The van der Waals surface area contributed by atoms with Crippen LogP contribution in [0.4, 0.5) is 5.95 Å². The molecule has 0 saturated carbocycles. The van der Waals surface area contributed by atoms with Crippen LogP contribution in [0.15, 0.2) is 30.3 Å². The van der Waals surface area contributed by atoms with Gasteiger partial charge in [0.2, 0.25) is 0 Å². The van der Waals surface area contributed by atoms with E-state index in [2.05, 4.69) is 25.6 Å². The minimum Gasteiger partial charge on any atom is -0.381 e. The third-order valence-corrected chi connectivity index (χ3v) is 4.35. The van der Waals surface area contributed by atoms with Crippen LogP contribution in [-0.2, 0) is 4.74 Å². The van der Waals surface area contributed by atoms with Gasteiger partial charge in [-0.15, -0.1) is 5.10 Å². The lowest BCUT2D eigenvalue weighted by molar-refractivity contribution is 0.0615. The average Bonchev–Trinajstić information content (AvgIpc) is 3.16. The first-order valence-electron chi connectivity index (χ1n) is 7.49. The number of benzene rings is 1. The molecule has 1 aromatic heterocycles. The van der Waals surface area contributed by atoms with Gasteiger partial charge in [0, 0.05) is 30.7 Å². The first-order valence-corrected chi connectivity index (χ1v) is 7.49. The molecule has 2 unspecified atom stereocenters. The van der Waals surface area contributed by atoms with Crippen molar-refractivity contribution in [3.63, 3.8) is 0 Å². The van der Waals surface area contributed by atoms with Crippen molar-refractivity contribution in [2.45, 2.75) is 18.9 Å². The molecule has 110 valence electrons. The third kappa shape index (κ3) is 2.52. The lowest BCUT2D eigenvalue weighted by Crippen LogP contribution is -2.54. The van der Waals surface area contributed by atoms with Crippen LogP contribution >= 0.6 is 0 Å². The van der Waals surface area contributed by atoms with E-state index >= 15 is 0 Å². The minimum atomic E-state index is 0.547. The van der Waals surface area contributed by atoms with Crippen molar-refractivity contribution in [3.05, 3.63) is 30.3 Å². The van der Waals surface area contributed by atoms with Crippen molar-refractivity contribution in [1.82, 2.24) is 20.2 Å². The number of aromatic nitrogens is 3. The van der Waals surface area contributed by atoms with Gasteiger partial charge in [0.1, 0.15) is 0 Å². The Kier molecular flexibility index (Phi) is 3.33. The van der Waals surface area contributed by atoms with Gasteiger partial charge < -0.3 is 4.74 Å². The van der Waals surface area contributed by atoms with Crippen molar-refractivity contribution < 1.29 is 4.74 Å². The summed E-state index contributed by atoms with van der Waals surface area (Å²) in [4.78, 5) is 4.51. The van der Waals surface area contributed by atoms with Crippen molar-refractivity contribution in [2.24, 2.45) is 5.92 Å². The second kappa shape index (κ2) is 5.46. The molecule has 0 bridgehead atoms. The van der Waals surface area contributed by atoms with Gasteiger partial charge in [-0.3, -0.25) is 10.5 Å². The highest BCUT2D eigenvalue weighted by atomic mass is 16.5. The third-order valence-electron chi connectivity index (χ3n) is 4.35. The van der Waals surface area contributed by atoms with E-state index in [4.69, 9.17) is 4.74 Å². The van der Waals surface area contributed by atoms with E-state index in [1.165, 1.54) is 6.42 Å². The number of nitrogens with one attached hydrogen (secondary N) is 2. The first-order chi connectivity index (χ1) is 10.4. The summed E-state index contributed by atoms with van der Waals surface area (Å²) in [5, 5.41) is 9.47. The Morgan fingerprint density at radius 3 is 2.86 bits per heavy atom. The Balaban J connectivity index is 1.42. The van der Waals surface area contributed by atoms with Gasteiger partial charge >= 0.3 is 0 Å². The summed E-state index contributed by atoms with van der Waals surface area (Å²) in [5.74, 6) is 2.07. The Morgan fingerprint density at radius 2 is 2.14 bits per heavy atom. The molecule has 2 aliphatic heterocycles. The molecule has 3 heterocycles. The average molecular weight is 285 g/mol. The molecule has 6 heteroatoms. The van der Waals surface area contributed by atoms with Gasteiger partial charge in [-0.25, -0.2) is 5.01 Å². The van der Waals surface area contributed by atoms with Crippen LogP contribution in [0, 0.1) is 5.92 Å². The minimum absolute atomic E-state index is 0.547. The molecule has 2 aliphatic rings. The molecule has 4 rings (SSSR count). The lowest BCUT2D eigenvalue weighted by atomic mass is 9.90. The molecule has 0 radical (unpaired) electrons. The van der Waals surface area contributed by atoms with Gasteiger partial charge in [-0.1, -0.05) is 30.3 Å². The predicted octanol–water partition coefficient (Wildman–Crippen LogP) is 1.91. The van der Waals surface area contributed by atoms with Gasteiger partial charge in [0.05, 0.1) is 6.61 Å². The number of hydrogen-bond donors (Lipinski definition) is 2. The number of hydrogen-bond acceptors (Lipinski definition) is 5. The Hall–Kier alpha value is -1.92. The molecule has 0 amide bonds. The highest BCUT2D eigenvalue weighted by Gasteiger charge is 2.37. The predicted molar refractivity (Wildman–Crippen MR) is 79.5 cm³/mol. The molecule has 0 aliphatic carbocycles. The van der Waals surface area contributed by atoms with E-state index in [1.54, 1.807) is 0 Å². The van der Waals surface area contributed by atoms with Crippen LogP contribution < -0.4 is 5.43 Å².